The second-order valence-corrected chi connectivity index (χ2v) is 5.89. The van der Waals surface area contributed by atoms with Crippen molar-refractivity contribution < 1.29 is 4.74 Å². The van der Waals surface area contributed by atoms with Gasteiger partial charge in [0.1, 0.15) is 11.6 Å². The van der Waals surface area contributed by atoms with Gasteiger partial charge in [0.2, 0.25) is 5.88 Å². The number of nitrogens with two attached hydrogens (primary N) is 1. The second kappa shape index (κ2) is 6.00. The van der Waals surface area contributed by atoms with Crippen molar-refractivity contribution in [3.8, 4) is 5.88 Å². The molecule has 1 aromatic heterocycles. The summed E-state index contributed by atoms with van der Waals surface area (Å²) in [5.41, 5.74) is 9.72. The van der Waals surface area contributed by atoms with Gasteiger partial charge in [-0.3, -0.25) is 0 Å². The fourth-order valence-electron chi connectivity index (χ4n) is 2.50. The molecule has 0 radical (unpaired) electrons. The van der Waals surface area contributed by atoms with Crippen molar-refractivity contribution in [1.29, 1.82) is 0 Å². The van der Waals surface area contributed by atoms with E-state index in [1.54, 1.807) is 0 Å². The molecule has 5 heteroatoms. The summed E-state index contributed by atoms with van der Waals surface area (Å²) in [6.07, 6.45) is 3.13. The van der Waals surface area contributed by atoms with Gasteiger partial charge in [0.15, 0.2) is 0 Å². The molecular formula is C16H15ClN2OS. The van der Waals surface area contributed by atoms with E-state index in [1.807, 2.05) is 30.3 Å². The molecule has 108 valence electrons. The Morgan fingerprint density at radius 2 is 2.14 bits per heavy atom. The fraction of sp³-hybridized carbons (Fsp3) is 0.250. The van der Waals surface area contributed by atoms with Crippen LogP contribution in [0.15, 0.2) is 30.3 Å². The zero-order chi connectivity index (χ0) is 14.8. The number of pyridine rings is 1. The molecule has 0 saturated carbocycles. The van der Waals surface area contributed by atoms with Crippen LogP contribution in [0.4, 0.5) is 0 Å². The minimum atomic E-state index is 0.311. The second-order valence-electron chi connectivity index (χ2n) is 5.04. The maximum Gasteiger partial charge on any atom is 0.224 e. The van der Waals surface area contributed by atoms with E-state index in [-0.39, 0.29) is 0 Å². The fourth-order valence-corrected chi connectivity index (χ4v) is 2.84. The molecule has 1 aromatic carbocycles. The quantitative estimate of drug-likeness (QED) is 0.877. The summed E-state index contributed by atoms with van der Waals surface area (Å²) in [5.74, 6) is 0.503. The van der Waals surface area contributed by atoms with Gasteiger partial charge in [-0.25, -0.2) is 4.98 Å². The van der Waals surface area contributed by atoms with Crippen LogP contribution >= 0.6 is 23.8 Å². The normalized spacial score (nSPS) is 13.0. The Morgan fingerprint density at radius 1 is 1.33 bits per heavy atom. The molecule has 1 aliphatic rings. The molecule has 0 amide bonds. The smallest absolute Gasteiger partial charge is 0.224 e. The number of ether oxygens (including phenoxy) is 1. The zero-order valence-electron chi connectivity index (χ0n) is 11.4. The van der Waals surface area contributed by atoms with Crippen LogP contribution in [0.3, 0.4) is 0 Å². The molecular weight excluding hydrogens is 304 g/mol. The van der Waals surface area contributed by atoms with Crippen LogP contribution < -0.4 is 10.5 Å². The van der Waals surface area contributed by atoms with E-state index < -0.39 is 0 Å². The van der Waals surface area contributed by atoms with E-state index in [4.69, 9.17) is 34.3 Å². The minimum Gasteiger partial charge on any atom is -0.472 e. The first-order valence-corrected chi connectivity index (χ1v) is 7.62. The molecule has 3 rings (SSSR count). The number of hydrogen-bond acceptors (Lipinski definition) is 3. The Hall–Kier alpha value is -1.65. The molecule has 0 atom stereocenters. The van der Waals surface area contributed by atoms with Crippen LogP contribution in [0.2, 0.25) is 5.02 Å². The topological polar surface area (TPSA) is 48.1 Å². The average Bonchev–Trinajstić information content (AvgIpc) is 2.92. The van der Waals surface area contributed by atoms with Gasteiger partial charge in [0.05, 0.1) is 5.56 Å². The highest BCUT2D eigenvalue weighted by molar-refractivity contribution is 7.80. The third kappa shape index (κ3) is 3.01. The van der Waals surface area contributed by atoms with Gasteiger partial charge < -0.3 is 10.5 Å². The third-order valence-electron chi connectivity index (χ3n) is 3.60. The molecule has 0 unspecified atom stereocenters. The zero-order valence-corrected chi connectivity index (χ0v) is 13.0. The van der Waals surface area contributed by atoms with E-state index in [0.29, 0.717) is 28.1 Å². The standard InChI is InChI=1S/C16H15ClN2OS/c17-13-6-2-1-4-11(13)9-20-16-12(15(18)21)8-10-5-3-7-14(10)19-16/h1-2,4,6,8H,3,5,7,9H2,(H2,18,21). The van der Waals surface area contributed by atoms with Crippen molar-refractivity contribution in [2.45, 2.75) is 25.9 Å². The molecule has 0 fully saturated rings. The SMILES string of the molecule is NC(=S)c1cc2c(nc1OCc1ccccc1Cl)CCC2. The molecule has 0 bridgehead atoms. The number of aromatic nitrogens is 1. The monoisotopic (exact) mass is 318 g/mol. The van der Waals surface area contributed by atoms with Crippen molar-refractivity contribution in [3.63, 3.8) is 0 Å². The van der Waals surface area contributed by atoms with Crippen LogP contribution in [0.25, 0.3) is 0 Å². The number of nitrogens with zero attached hydrogens (tertiary/aromatic N) is 1. The van der Waals surface area contributed by atoms with Crippen molar-refractivity contribution in [2.24, 2.45) is 5.73 Å². The number of thiocarbonyl (C=S) groups is 1. The van der Waals surface area contributed by atoms with E-state index in [0.717, 1.165) is 30.5 Å². The Kier molecular flexibility index (Phi) is 4.08. The lowest BCUT2D eigenvalue weighted by Gasteiger charge is -2.12. The summed E-state index contributed by atoms with van der Waals surface area (Å²) in [7, 11) is 0. The summed E-state index contributed by atoms with van der Waals surface area (Å²) in [4.78, 5) is 4.90. The van der Waals surface area contributed by atoms with E-state index in [2.05, 4.69) is 4.98 Å². The van der Waals surface area contributed by atoms with Gasteiger partial charge in [-0.15, -0.1) is 0 Å². The van der Waals surface area contributed by atoms with Gasteiger partial charge in [-0.1, -0.05) is 42.0 Å². The molecule has 1 heterocycles. The number of hydrogen-bond donors (Lipinski definition) is 1. The Morgan fingerprint density at radius 3 is 2.90 bits per heavy atom. The molecule has 0 saturated heterocycles. The first-order valence-electron chi connectivity index (χ1n) is 6.84. The summed E-state index contributed by atoms with van der Waals surface area (Å²) in [6.45, 7) is 0.348. The summed E-state index contributed by atoms with van der Waals surface area (Å²) >= 11 is 11.2. The highest BCUT2D eigenvalue weighted by atomic mass is 35.5. The summed E-state index contributed by atoms with van der Waals surface area (Å²) in [6, 6.07) is 9.59. The van der Waals surface area contributed by atoms with Gasteiger partial charge in [-0.05, 0) is 37.0 Å². The molecule has 21 heavy (non-hydrogen) atoms. The lowest BCUT2D eigenvalue weighted by Crippen LogP contribution is -2.14. The molecule has 3 nitrogen and oxygen atoms in total. The highest BCUT2D eigenvalue weighted by Gasteiger charge is 2.18. The number of rotatable bonds is 4. The first kappa shape index (κ1) is 14.3. The van der Waals surface area contributed by atoms with Crippen LogP contribution in [0.1, 0.15) is 28.8 Å². The largest absolute Gasteiger partial charge is 0.472 e. The van der Waals surface area contributed by atoms with Crippen molar-refractivity contribution in [1.82, 2.24) is 4.98 Å². The molecule has 2 aromatic rings. The van der Waals surface area contributed by atoms with Crippen molar-refractivity contribution in [2.75, 3.05) is 0 Å². The number of fused-ring (bicyclic) bond motifs is 1. The average molecular weight is 319 g/mol. The van der Waals surface area contributed by atoms with E-state index >= 15 is 0 Å². The predicted molar refractivity (Wildman–Crippen MR) is 87.9 cm³/mol. The van der Waals surface area contributed by atoms with E-state index in [9.17, 15) is 0 Å². The van der Waals surface area contributed by atoms with E-state index in [1.165, 1.54) is 5.56 Å². The minimum absolute atomic E-state index is 0.311. The van der Waals surface area contributed by atoms with Crippen LogP contribution in [0.5, 0.6) is 5.88 Å². The maximum absolute atomic E-state index is 6.14. The maximum atomic E-state index is 6.14. The van der Waals surface area contributed by atoms with Gasteiger partial charge in [0, 0.05) is 16.3 Å². The Labute approximate surface area is 134 Å². The van der Waals surface area contributed by atoms with Gasteiger partial charge >= 0.3 is 0 Å². The first-order chi connectivity index (χ1) is 10.1. The van der Waals surface area contributed by atoms with Crippen LogP contribution in [0, 0.1) is 0 Å². The van der Waals surface area contributed by atoms with Gasteiger partial charge in [-0.2, -0.15) is 0 Å². The van der Waals surface area contributed by atoms with Crippen molar-refractivity contribution in [3.05, 3.63) is 57.7 Å². The van der Waals surface area contributed by atoms with Crippen molar-refractivity contribution >= 4 is 28.8 Å². The summed E-state index contributed by atoms with van der Waals surface area (Å²) < 4.78 is 5.83. The van der Waals surface area contributed by atoms with Crippen LogP contribution in [-0.4, -0.2) is 9.97 Å². The third-order valence-corrected chi connectivity index (χ3v) is 4.19. The lowest BCUT2D eigenvalue weighted by molar-refractivity contribution is 0.292. The molecule has 0 aliphatic heterocycles. The Balaban J connectivity index is 1.88. The lowest BCUT2D eigenvalue weighted by atomic mass is 10.1. The molecule has 2 N–H and O–H groups in total. The number of aryl methyl sites for hydroxylation is 2. The van der Waals surface area contributed by atoms with Crippen LogP contribution in [-0.2, 0) is 19.4 Å². The number of halogens is 1. The summed E-state index contributed by atoms with van der Waals surface area (Å²) in [5, 5.41) is 0.676. The molecule has 1 aliphatic carbocycles. The molecule has 0 spiro atoms. The highest BCUT2D eigenvalue weighted by Crippen LogP contribution is 2.27. The predicted octanol–water partition coefficient (Wildman–Crippen LogP) is 3.44. The van der Waals surface area contributed by atoms with Gasteiger partial charge in [0.25, 0.3) is 0 Å². The Bertz CT molecular complexity index is 703. The number of benzene rings is 1.